The monoisotopic (exact) mass is 457 g/mol. The number of carboxylic acid groups (broad SMARTS) is 1. The second-order valence-electron chi connectivity index (χ2n) is 9.06. The molecule has 0 aliphatic heterocycles. The lowest BCUT2D eigenvalue weighted by molar-refractivity contribution is -0.137. The van der Waals surface area contributed by atoms with E-state index in [-0.39, 0.29) is 24.2 Å². The van der Waals surface area contributed by atoms with Crippen LogP contribution >= 0.6 is 0 Å². The first kappa shape index (κ1) is 25.2. The molecule has 4 nitrogen and oxygen atoms in total. The molecule has 0 heterocycles. The summed E-state index contributed by atoms with van der Waals surface area (Å²) in [4.78, 5) is 25.6. The van der Waals surface area contributed by atoms with Gasteiger partial charge in [-0.05, 0) is 53.4 Å². The number of hydrogen-bond acceptors (Lipinski definition) is 2. The Hall–Kier alpha value is -3.40. The summed E-state index contributed by atoms with van der Waals surface area (Å²) in [6, 6.07) is 28.9. The first-order valence-corrected chi connectivity index (χ1v) is 12.1. The maximum Gasteiger partial charge on any atom is 0.303 e. The molecule has 34 heavy (non-hydrogen) atoms. The summed E-state index contributed by atoms with van der Waals surface area (Å²) in [5.74, 6) is -0.151. The van der Waals surface area contributed by atoms with Crippen molar-refractivity contribution >= 4 is 11.9 Å². The summed E-state index contributed by atoms with van der Waals surface area (Å²) in [6.07, 6.45) is 2.85. The maximum atomic E-state index is 12.7. The van der Waals surface area contributed by atoms with E-state index in [0.717, 1.165) is 18.4 Å². The van der Waals surface area contributed by atoms with Crippen LogP contribution in [0.15, 0.2) is 84.9 Å². The average molecular weight is 458 g/mol. The summed E-state index contributed by atoms with van der Waals surface area (Å²) >= 11 is 0. The van der Waals surface area contributed by atoms with Crippen molar-refractivity contribution in [3.8, 4) is 0 Å². The summed E-state index contributed by atoms with van der Waals surface area (Å²) in [7, 11) is 1.86. The van der Waals surface area contributed by atoms with Crippen LogP contribution in [0.1, 0.15) is 60.3 Å². The molecule has 0 aliphatic carbocycles. The molecule has 4 heteroatoms. The fraction of sp³-hybridized carbons (Fsp3) is 0.333. The fourth-order valence-corrected chi connectivity index (χ4v) is 4.43. The lowest BCUT2D eigenvalue weighted by atomic mass is 9.79. The molecule has 1 N–H and O–H groups in total. The third-order valence-electron chi connectivity index (χ3n) is 6.60. The largest absolute Gasteiger partial charge is 0.481 e. The predicted octanol–water partition coefficient (Wildman–Crippen LogP) is 6.07. The zero-order valence-electron chi connectivity index (χ0n) is 20.2. The normalized spacial score (nSPS) is 12.6. The lowest BCUT2D eigenvalue weighted by Gasteiger charge is -2.25. The van der Waals surface area contributed by atoms with E-state index in [1.54, 1.807) is 4.90 Å². The first-order valence-electron chi connectivity index (χ1n) is 12.1. The Morgan fingerprint density at radius 2 is 1.44 bits per heavy atom. The Bertz CT molecular complexity index is 1030. The van der Waals surface area contributed by atoms with Crippen LogP contribution in [0.25, 0.3) is 0 Å². The predicted molar refractivity (Wildman–Crippen MR) is 137 cm³/mol. The number of benzene rings is 3. The molecule has 0 aliphatic rings. The molecular formula is C30H35NO3. The second-order valence-corrected chi connectivity index (χ2v) is 9.06. The molecule has 0 radical (unpaired) electrons. The third kappa shape index (κ3) is 7.58. The van der Waals surface area contributed by atoms with Crippen LogP contribution in [0.4, 0.5) is 0 Å². The molecule has 3 rings (SSSR count). The summed E-state index contributed by atoms with van der Waals surface area (Å²) < 4.78 is 0. The van der Waals surface area contributed by atoms with Gasteiger partial charge in [-0.1, -0.05) is 91.9 Å². The molecule has 0 saturated carbocycles. The van der Waals surface area contributed by atoms with Gasteiger partial charge in [0.1, 0.15) is 0 Å². The van der Waals surface area contributed by atoms with Gasteiger partial charge in [-0.2, -0.15) is 0 Å². The third-order valence-corrected chi connectivity index (χ3v) is 6.60. The van der Waals surface area contributed by atoms with Crippen LogP contribution in [0.3, 0.4) is 0 Å². The minimum absolute atomic E-state index is 0.111. The number of amides is 1. The lowest BCUT2D eigenvalue weighted by Crippen LogP contribution is -2.30. The Morgan fingerprint density at radius 3 is 2.06 bits per heavy atom. The Morgan fingerprint density at radius 1 is 0.824 bits per heavy atom. The molecule has 0 spiro atoms. The zero-order valence-corrected chi connectivity index (χ0v) is 20.2. The number of rotatable bonds is 12. The SMILES string of the molecule is CC(c1ccccc1)C(CCCC(=O)O)c1ccc(CC(=O)N(C)CCc2ccccc2)cc1. The van der Waals surface area contributed by atoms with Crippen molar-refractivity contribution in [3.05, 3.63) is 107 Å². The van der Waals surface area contributed by atoms with Crippen molar-refractivity contribution < 1.29 is 14.7 Å². The van der Waals surface area contributed by atoms with Gasteiger partial charge < -0.3 is 10.0 Å². The molecule has 3 aromatic rings. The molecule has 0 fully saturated rings. The molecule has 3 aromatic carbocycles. The minimum Gasteiger partial charge on any atom is -0.481 e. The van der Waals surface area contributed by atoms with Crippen molar-refractivity contribution in [1.29, 1.82) is 0 Å². The van der Waals surface area contributed by atoms with Crippen molar-refractivity contribution in [1.82, 2.24) is 4.90 Å². The van der Waals surface area contributed by atoms with Gasteiger partial charge in [-0.15, -0.1) is 0 Å². The Kier molecular flexibility index (Phi) is 9.45. The fourth-order valence-electron chi connectivity index (χ4n) is 4.43. The van der Waals surface area contributed by atoms with Gasteiger partial charge in [0.25, 0.3) is 0 Å². The number of carbonyl (C=O) groups is 2. The van der Waals surface area contributed by atoms with Gasteiger partial charge in [-0.3, -0.25) is 9.59 Å². The second kappa shape index (κ2) is 12.7. The van der Waals surface area contributed by atoms with Crippen LogP contribution in [-0.2, 0) is 22.4 Å². The standard InChI is InChI=1S/C30H35NO3/c1-23(26-12-7-4-8-13-26)28(14-9-15-30(33)34)27-18-16-25(17-19-27)22-29(32)31(2)21-20-24-10-5-3-6-11-24/h3-8,10-13,16-19,23,28H,9,14-15,20-22H2,1-2H3,(H,33,34). The van der Waals surface area contributed by atoms with Crippen molar-refractivity contribution in [2.45, 2.75) is 50.9 Å². The van der Waals surface area contributed by atoms with Gasteiger partial charge in [0.05, 0.1) is 6.42 Å². The van der Waals surface area contributed by atoms with Gasteiger partial charge in [0, 0.05) is 20.0 Å². The Balaban J connectivity index is 1.63. The summed E-state index contributed by atoms with van der Waals surface area (Å²) in [5.41, 5.74) is 4.67. The van der Waals surface area contributed by atoms with Crippen LogP contribution in [0, 0.1) is 0 Å². The number of hydrogen-bond donors (Lipinski definition) is 1. The van der Waals surface area contributed by atoms with E-state index in [1.165, 1.54) is 16.7 Å². The van der Waals surface area contributed by atoms with Gasteiger partial charge in [-0.25, -0.2) is 0 Å². The van der Waals surface area contributed by atoms with Gasteiger partial charge >= 0.3 is 5.97 Å². The average Bonchev–Trinajstić information content (AvgIpc) is 2.86. The van der Waals surface area contributed by atoms with E-state index in [0.29, 0.717) is 19.4 Å². The van der Waals surface area contributed by atoms with E-state index >= 15 is 0 Å². The van der Waals surface area contributed by atoms with E-state index in [9.17, 15) is 9.59 Å². The quantitative estimate of drug-likeness (QED) is 0.359. The highest BCUT2D eigenvalue weighted by Gasteiger charge is 2.21. The number of carboxylic acids is 1. The summed E-state index contributed by atoms with van der Waals surface area (Å²) in [5, 5.41) is 9.08. The van der Waals surface area contributed by atoms with Crippen LogP contribution in [0.2, 0.25) is 0 Å². The maximum absolute atomic E-state index is 12.7. The minimum atomic E-state index is -0.753. The highest BCUT2D eigenvalue weighted by Crippen LogP contribution is 2.36. The van der Waals surface area contributed by atoms with Crippen molar-refractivity contribution in [2.75, 3.05) is 13.6 Å². The Labute approximate surface area is 203 Å². The molecule has 1 amide bonds. The first-order chi connectivity index (χ1) is 16.4. The highest BCUT2D eigenvalue weighted by atomic mass is 16.4. The van der Waals surface area contributed by atoms with Crippen molar-refractivity contribution in [2.24, 2.45) is 0 Å². The molecule has 0 bridgehead atoms. The zero-order chi connectivity index (χ0) is 24.3. The van der Waals surface area contributed by atoms with Gasteiger partial charge in [0.2, 0.25) is 5.91 Å². The molecule has 2 atom stereocenters. The molecule has 0 aromatic heterocycles. The van der Waals surface area contributed by atoms with E-state index < -0.39 is 5.97 Å². The van der Waals surface area contributed by atoms with Crippen LogP contribution in [-0.4, -0.2) is 35.5 Å². The topological polar surface area (TPSA) is 57.6 Å². The van der Waals surface area contributed by atoms with E-state index in [2.05, 4.69) is 43.3 Å². The van der Waals surface area contributed by atoms with Gasteiger partial charge in [0.15, 0.2) is 0 Å². The molecular weight excluding hydrogens is 422 g/mol. The molecule has 0 saturated heterocycles. The van der Waals surface area contributed by atoms with Crippen LogP contribution in [0.5, 0.6) is 0 Å². The van der Waals surface area contributed by atoms with Crippen molar-refractivity contribution in [3.63, 3.8) is 0 Å². The van der Waals surface area contributed by atoms with Crippen LogP contribution < -0.4 is 0 Å². The number of nitrogens with zero attached hydrogens (tertiary/aromatic N) is 1. The number of likely N-dealkylation sites (N-methyl/N-ethyl adjacent to an activating group) is 1. The smallest absolute Gasteiger partial charge is 0.303 e. The summed E-state index contributed by atoms with van der Waals surface area (Å²) in [6.45, 7) is 2.90. The number of carbonyl (C=O) groups excluding carboxylic acids is 1. The highest BCUT2D eigenvalue weighted by molar-refractivity contribution is 5.78. The molecule has 178 valence electrons. The number of aliphatic carboxylic acids is 1. The van der Waals surface area contributed by atoms with E-state index in [4.69, 9.17) is 5.11 Å². The van der Waals surface area contributed by atoms with E-state index in [1.807, 2.05) is 55.6 Å². The molecule has 2 unspecified atom stereocenters.